The van der Waals surface area contributed by atoms with E-state index in [0.717, 1.165) is 12.1 Å². The molecule has 0 aliphatic carbocycles. The average Bonchev–Trinajstić information content (AvgIpc) is 2.09. The molecule has 1 heterocycles. The summed E-state index contributed by atoms with van der Waals surface area (Å²) in [5.74, 6) is -0.0987. The van der Waals surface area contributed by atoms with Gasteiger partial charge in [0.2, 0.25) is 0 Å². The summed E-state index contributed by atoms with van der Waals surface area (Å²) in [7, 11) is 0. The van der Waals surface area contributed by atoms with Gasteiger partial charge in [0.15, 0.2) is 11.6 Å². The van der Waals surface area contributed by atoms with E-state index in [9.17, 15) is 4.39 Å². The molecule has 0 saturated heterocycles. The number of aryl methyl sites for hydroxylation is 1. The first-order valence-electron chi connectivity index (χ1n) is 4.05. The number of ether oxygens (including phenoxy) is 1. The molecule has 0 amide bonds. The van der Waals surface area contributed by atoms with Gasteiger partial charge in [-0.05, 0) is 13.3 Å². The first-order valence-corrected chi connectivity index (χ1v) is 4.05. The maximum absolute atomic E-state index is 12.9. The number of pyridine rings is 1. The molecule has 0 saturated carbocycles. The Bertz CT molecular complexity index is 263. The molecule has 66 valence electrons. The van der Waals surface area contributed by atoms with E-state index >= 15 is 0 Å². The van der Waals surface area contributed by atoms with E-state index in [0.29, 0.717) is 12.4 Å². The Kier molecular flexibility index (Phi) is 3.02. The summed E-state index contributed by atoms with van der Waals surface area (Å²) in [6, 6.07) is 1.64. The van der Waals surface area contributed by atoms with Crippen LogP contribution in [0.25, 0.3) is 0 Å². The first kappa shape index (κ1) is 8.97. The van der Waals surface area contributed by atoms with Crippen LogP contribution < -0.4 is 4.74 Å². The molecular weight excluding hydrogens is 157 g/mol. The molecule has 1 rings (SSSR count). The number of halogens is 1. The third kappa shape index (κ3) is 1.94. The minimum absolute atomic E-state index is 0.296. The van der Waals surface area contributed by atoms with Crippen LogP contribution in [0.2, 0.25) is 0 Å². The van der Waals surface area contributed by atoms with E-state index in [1.165, 1.54) is 6.20 Å². The van der Waals surface area contributed by atoms with Crippen molar-refractivity contribution in [3.8, 4) is 5.75 Å². The molecular formula is C9H12FNO. The second-order valence-electron chi connectivity index (χ2n) is 2.39. The molecule has 3 heteroatoms. The van der Waals surface area contributed by atoms with Crippen molar-refractivity contribution >= 4 is 0 Å². The molecule has 0 bridgehead atoms. The Morgan fingerprint density at radius 2 is 2.25 bits per heavy atom. The lowest BCUT2D eigenvalue weighted by molar-refractivity contribution is 0.320. The van der Waals surface area contributed by atoms with Crippen molar-refractivity contribution in [2.24, 2.45) is 0 Å². The van der Waals surface area contributed by atoms with Crippen LogP contribution >= 0.6 is 0 Å². The molecule has 0 aliphatic heterocycles. The SMILES string of the molecule is CCOc1cc(CC)ncc1F. The number of hydrogen-bond donors (Lipinski definition) is 0. The Balaban J connectivity index is 2.91. The third-order valence-corrected chi connectivity index (χ3v) is 1.54. The molecule has 0 unspecified atom stereocenters. The van der Waals surface area contributed by atoms with E-state index in [-0.39, 0.29) is 0 Å². The van der Waals surface area contributed by atoms with Crippen molar-refractivity contribution in [1.29, 1.82) is 0 Å². The van der Waals surface area contributed by atoms with Crippen LogP contribution in [0.3, 0.4) is 0 Å². The lowest BCUT2D eigenvalue weighted by atomic mass is 10.3. The van der Waals surface area contributed by atoms with Crippen LogP contribution in [0.1, 0.15) is 19.5 Å². The van der Waals surface area contributed by atoms with Crippen molar-refractivity contribution in [2.75, 3.05) is 6.61 Å². The Morgan fingerprint density at radius 3 is 2.83 bits per heavy atom. The highest BCUT2D eigenvalue weighted by Crippen LogP contribution is 2.16. The van der Waals surface area contributed by atoms with Crippen molar-refractivity contribution in [3.63, 3.8) is 0 Å². The van der Waals surface area contributed by atoms with E-state index in [2.05, 4.69) is 4.98 Å². The van der Waals surface area contributed by atoms with Gasteiger partial charge in [-0.2, -0.15) is 0 Å². The van der Waals surface area contributed by atoms with Gasteiger partial charge in [0.25, 0.3) is 0 Å². The van der Waals surface area contributed by atoms with Crippen LogP contribution in [0.5, 0.6) is 5.75 Å². The monoisotopic (exact) mass is 169 g/mol. The van der Waals surface area contributed by atoms with Crippen molar-refractivity contribution in [1.82, 2.24) is 4.98 Å². The van der Waals surface area contributed by atoms with Gasteiger partial charge in [-0.3, -0.25) is 4.98 Å². The number of nitrogens with zero attached hydrogens (tertiary/aromatic N) is 1. The Hall–Kier alpha value is -1.12. The predicted octanol–water partition coefficient (Wildman–Crippen LogP) is 2.18. The number of rotatable bonds is 3. The average molecular weight is 169 g/mol. The maximum Gasteiger partial charge on any atom is 0.183 e. The predicted molar refractivity (Wildman–Crippen MR) is 44.7 cm³/mol. The van der Waals surface area contributed by atoms with Crippen molar-refractivity contribution in [2.45, 2.75) is 20.3 Å². The molecule has 1 aromatic heterocycles. The zero-order valence-corrected chi connectivity index (χ0v) is 7.30. The van der Waals surface area contributed by atoms with Gasteiger partial charge in [0.1, 0.15) is 0 Å². The lowest BCUT2D eigenvalue weighted by Gasteiger charge is -2.04. The molecule has 0 radical (unpaired) electrons. The smallest absolute Gasteiger partial charge is 0.183 e. The highest BCUT2D eigenvalue weighted by Gasteiger charge is 2.03. The summed E-state index contributed by atoms with van der Waals surface area (Å²) in [6.45, 7) is 4.27. The molecule has 1 aromatic rings. The first-order chi connectivity index (χ1) is 5.77. The van der Waals surface area contributed by atoms with Crippen LogP contribution in [-0.2, 0) is 6.42 Å². The van der Waals surface area contributed by atoms with Crippen LogP contribution in [-0.4, -0.2) is 11.6 Å². The van der Waals surface area contributed by atoms with Crippen molar-refractivity contribution < 1.29 is 9.13 Å². The number of hydrogen-bond acceptors (Lipinski definition) is 2. The van der Waals surface area contributed by atoms with E-state index in [4.69, 9.17) is 4.74 Å². The normalized spacial score (nSPS) is 9.92. The molecule has 0 fully saturated rings. The second kappa shape index (κ2) is 4.04. The van der Waals surface area contributed by atoms with E-state index < -0.39 is 5.82 Å². The van der Waals surface area contributed by atoms with Gasteiger partial charge in [-0.25, -0.2) is 4.39 Å². The second-order valence-corrected chi connectivity index (χ2v) is 2.39. The van der Waals surface area contributed by atoms with Gasteiger partial charge < -0.3 is 4.74 Å². The largest absolute Gasteiger partial charge is 0.491 e. The molecule has 0 aromatic carbocycles. The quantitative estimate of drug-likeness (QED) is 0.691. The van der Waals surface area contributed by atoms with E-state index in [1.54, 1.807) is 6.07 Å². The zero-order chi connectivity index (χ0) is 8.97. The minimum Gasteiger partial charge on any atom is -0.491 e. The lowest BCUT2D eigenvalue weighted by Crippen LogP contribution is -1.97. The highest BCUT2D eigenvalue weighted by molar-refractivity contribution is 5.24. The van der Waals surface area contributed by atoms with Crippen molar-refractivity contribution in [3.05, 3.63) is 23.8 Å². The summed E-state index contributed by atoms with van der Waals surface area (Å²) in [5.41, 5.74) is 0.847. The fourth-order valence-corrected chi connectivity index (χ4v) is 0.920. The standard InChI is InChI=1S/C9H12FNO/c1-3-7-5-9(12-4-2)8(10)6-11-7/h5-6H,3-4H2,1-2H3. The molecule has 0 spiro atoms. The van der Waals surface area contributed by atoms with Crippen LogP contribution in [0, 0.1) is 5.82 Å². The summed E-state index contributed by atoms with van der Waals surface area (Å²) in [4.78, 5) is 3.88. The topological polar surface area (TPSA) is 22.1 Å². The molecule has 12 heavy (non-hydrogen) atoms. The summed E-state index contributed by atoms with van der Waals surface area (Å²) < 4.78 is 18.0. The number of aromatic nitrogens is 1. The Morgan fingerprint density at radius 1 is 1.50 bits per heavy atom. The summed E-state index contributed by atoms with van der Waals surface area (Å²) in [6.07, 6.45) is 1.99. The zero-order valence-electron chi connectivity index (χ0n) is 7.30. The Labute approximate surface area is 71.4 Å². The maximum atomic E-state index is 12.9. The van der Waals surface area contributed by atoms with Gasteiger partial charge in [0, 0.05) is 11.8 Å². The van der Waals surface area contributed by atoms with Gasteiger partial charge in [-0.1, -0.05) is 6.92 Å². The van der Waals surface area contributed by atoms with Crippen LogP contribution in [0.4, 0.5) is 4.39 Å². The fourth-order valence-electron chi connectivity index (χ4n) is 0.920. The molecule has 0 aliphatic rings. The highest BCUT2D eigenvalue weighted by atomic mass is 19.1. The van der Waals surface area contributed by atoms with Crippen LogP contribution in [0.15, 0.2) is 12.3 Å². The third-order valence-electron chi connectivity index (χ3n) is 1.54. The summed E-state index contributed by atoms with van der Waals surface area (Å²) >= 11 is 0. The molecule has 0 N–H and O–H groups in total. The van der Waals surface area contributed by atoms with Gasteiger partial charge in [-0.15, -0.1) is 0 Å². The minimum atomic E-state index is -0.394. The summed E-state index contributed by atoms with van der Waals surface area (Å²) in [5, 5.41) is 0. The fraction of sp³-hybridized carbons (Fsp3) is 0.444. The molecule has 2 nitrogen and oxygen atoms in total. The van der Waals surface area contributed by atoms with Gasteiger partial charge in [0.05, 0.1) is 12.8 Å². The van der Waals surface area contributed by atoms with Gasteiger partial charge >= 0.3 is 0 Å². The molecule has 0 atom stereocenters. The van der Waals surface area contributed by atoms with E-state index in [1.807, 2.05) is 13.8 Å².